The molecule has 4 rings (SSSR count). The Hall–Kier alpha value is -3.16. The predicted molar refractivity (Wildman–Crippen MR) is 138 cm³/mol. The molecule has 36 heavy (non-hydrogen) atoms. The number of anilines is 1. The van der Waals surface area contributed by atoms with E-state index in [9.17, 15) is 8.96 Å². The molecule has 0 saturated heterocycles. The van der Waals surface area contributed by atoms with E-state index < -0.39 is 24.8 Å². The standard InChI is InChI=1S/C25H25ClF2N5O2P/c1-5-18(23-16(27)7-6-10-29-23)32-25-21(26)14(2)31-19-11-17(28)22(33-24(19)25)15-8-9-20(30-12-15)35-13-36(3,4)34/h6-12,18H,5,13H2,1-4H3,(H,31,32). The van der Waals surface area contributed by atoms with Crippen LogP contribution in [-0.2, 0) is 4.57 Å². The first kappa shape index (κ1) is 25.9. The molecule has 0 aliphatic carbocycles. The lowest BCUT2D eigenvalue weighted by Crippen LogP contribution is -2.15. The number of hydrogen-bond acceptors (Lipinski definition) is 7. The fourth-order valence-corrected chi connectivity index (χ4v) is 4.25. The lowest BCUT2D eigenvalue weighted by molar-refractivity contribution is 0.363. The van der Waals surface area contributed by atoms with Gasteiger partial charge in [0, 0.05) is 30.1 Å². The fourth-order valence-electron chi connectivity index (χ4n) is 3.62. The minimum Gasteiger partial charge on any atom is -0.470 e. The van der Waals surface area contributed by atoms with Gasteiger partial charge in [-0.3, -0.25) is 4.98 Å². The number of nitrogens with zero attached hydrogens (tertiary/aromatic N) is 4. The summed E-state index contributed by atoms with van der Waals surface area (Å²) in [7, 11) is -2.38. The summed E-state index contributed by atoms with van der Waals surface area (Å²) < 4.78 is 46.9. The molecule has 0 fully saturated rings. The molecule has 1 unspecified atom stereocenters. The molecule has 4 aromatic rings. The number of hydrogen-bond donors (Lipinski definition) is 1. The largest absolute Gasteiger partial charge is 0.470 e. The lowest BCUT2D eigenvalue weighted by atomic mass is 10.1. The Morgan fingerprint density at radius 2 is 1.92 bits per heavy atom. The summed E-state index contributed by atoms with van der Waals surface area (Å²) in [6.45, 7) is 6.83. The Kier molecular flexibility index (Phi) is 7.52. The molecule has 4 heterocycles. The predicted octanol–water partition coefficient (Wildman–Crippen LogP) is 6.85. The summed E-state index contributed by atoms with van der Waals surface area (Å²) in [4.78, 5) is 17.3. The van der Waals surface area contributed by atoms with Crippen LogP contribution in [0.4, 0.5) is 14.5 Å². The molecule has 0 bridgehead atoms. The second-order valence-electron chi connectivity index (χ2n) is 8.78. The molecule has 1 N–H and O–H groups in total. The third-order valence-electron chi connectivity index (χ3n) is 5.39. The monoisotopic (exact) mass is 531 g/mol. The molecular weight excluding hydrogens is 507 g/mol. The molecule has 0 aliphatic heterocycles. The van der Waals surface area contributed by atoms with Gasteiger partial charge < -0.3 is 14.6 Å². The maximum absolute atomic E-state index is 15.1. The zero-order valence-corrected chi connectivity index (χ0v) is 21.9. The Balaban J connectivity index is 1.76. The van der Waals surface area contributed by atoms with E-state index in [0.717, 1.165) is 0 Å². The molecule has 0 spiro atoms. The molecule has 0 saturated carbocycles. The number of aryl methyl sites for hydroxylation is 1. The van der Waals surface area contributed by atoms with Crippen molar-refractivity contribution in [1.29, 1.82) is 0 Å². The maximum atomic E-state index is 15.1. The lowest BCUT2D eigenvalue weighted by Gasteiger charge is -2.21. The maximum Gasteiger partial charge on any atom is 0.213 e. The first-order valence-corrected chi connectivity index (χ1v) is 14.4. The van der Waals surface area contributed by atoms with Crippen molar-refractivity contribution < 1.29 is 18.1 Å². The van der Waals surface area contributed by atoms with Gasteiger partial charge in [-0.25, -0.2) is 23.7 Å². The molecule has 0 radical (unpaired) electrons. The zero-order chi connectivity index (χ0) is 26.0. The van der Waals surface area contributed by atoms with E-state index in [1.807, 2.05) is 6.92 Å². The normalized spacial score (nSPS) is 12.5. The number of pyridine rings is 4. The van der Waals surface area contributed by atoms with Crippen molar-refractivity contribution in [2.45, 2.75) is 26.3 Å². The molecule has 188 valence electrons. The van der Waals surface area contributed by atoms with E-state index in [1.54, 1.807) is 32.4 Å². The summed E-state index contributed by atoms with van der Waals surface area (Å²) in [5, 5.41) is 3.55. The van der Waals surface area contributed by atoms with E-state index in [1.165, 1.54) is 30.6 Å². The topological polar surface area (TPSA) is 89.9 Å². The molecule has 0 aliphatic rings. The number of ether oxygens (including phenoxy) is 1. The SMILES string of the molecule is CCC(Nc1c(Cl)c(C)nc2cc(F)c(-c3ccc(OCP(C)(C)=O)nc3)nc12)c1ncccc1F. The Bertz CT molecular complexity index is 1460. The Labute approximate surface area is 212 Å². The van der Waals surface area contributed by atoms with Gasteiger partial charge in [0.05, 0.1) is 33.7 Å². The highest BCUT2D eigenvalue weighted by Gasteiger charge is 2.22. The van der Waals surface area contributed by atoms with Crippen molar-refractivity contribution in [1.82, 2.24) is 19.9 Å². The van der Waals surface area contributed by atoms with Gasteiger partial charge in [-0.15, -0.1) is 0 Å². The van der Waals surface area contributed by atoms with Crippen LogP contribution in [0, 0.1) is 18.6 Å². The number of aromatic nitrogens is 4. The van der Waals surface area contributed by atoms with E-state index in [2.05, 4.69) is 25.3 Å². The average Bonchev–Trinajstić information content (AvgIpc) is 2.84. The molecule has 4 aromatic heterocycles. The first-order valence-electron chi connectivity index (χ1n) is 11.2. The first-order chi connectivity index (χ1) is 17.1. The minimum atomic E-state index is -2.38. The number of rotatable bonds is 8. The van der Waals surface area contributed by atoms with Crippen LogP contribution < -0.4 is 10.1 Å². The van der Waals surface area contributed by atoms with Gasteiger partial charge in [-0.1, -0.05) is 18.5 Å². The smallest absolute Gasteiger partial charge is 0.213 e. The zero-order valence-electron chi connectivity index (χ0n) is 20.2. The van der Waals surface area contributed by atoms with Gasteiger partial charge in [-0.05, 0) is 44.9 Å². The van der Waals surface area contributed by atoms with Crippen LogP contribution in [0.3, 0.4) is 0 Å². The van der Waals surface area contributed by atoms with Crippen LogP contribution in [0.1, 0.15) is 30.8 Å². The van der Waals surface area contributed by atoms with Gasteiger partial charge >= 0.3 is 0 Å². The van der Waals surface area contributed by atoms with Crippen molar-refractivity contribution in [2.75, 3.05) is 25.0 Å². The summed E-state index contributed by atoms with van der Waals surface area (Å²) in [6, 6.07) is 6.82. The highest BCUT2D eigenvalue weighted by Crippen LogP contribution is 2.38. The highest BCUT2D eigenvalue weighted by atomic mass is 35.5. The van der Waals surface area contributed by atoms with Crippen molar-refractivity contribution in [3.8, 4) is 17.1 Å². The molecular formula is C25H25ClF2N5O2P. The van der Waals surface area contributed by atoms with Crippen LogP contribution in [0.15, 0.2) is 42.7 Å². The van der Waals surface area contributed by atoms with Crippen molar-refractivity contribution in [2.24, 2.45) is 0 Å². The second kappa shape index (κ2) is 10.4. The van der Waals surface area contributed by atoms with Crippen molar-refractivity contribution >= 4 is 35.5 Å². The number of nitrogens with one attached hydrogen (secondary N) is 1. The summed E-state index contributed by atoms with van der Waals surface area (Å²) in [6.07, 6.45) is 3.51. The third kappa shape index (κ3) is 5.63. The second-order valence-corrected chi connectivity index (χ2v) is 12.6. The van der Waals surface area contributed by atoms with E-state index in [-0.39, 0.29) is 23.6 Å². The van der Waals surface area contributed by atoms with Crippen LogP contribution in [-0.4, -0.2) is 39.6 Å². The van der Waals surface area contributed by atoms with Crippen LogP contribution >= 0.6 is 18.7 Å². The van der Waals surface area contributed by atoms with Gasteiger partial charge in [0.1, 0.15) is 30.5 Å². The van der Waals surface area contributed by atoms with E-state index in [0.29, 0.717) is 39.4 Å². The van der Waals surface area contributed by atoms with Gasteiger partial charge in [0.15, 0.2) is 5.82 Å². The summed E-state index contributed by atoms with van der Waals surface area (Å²) in [5.74, 6) is -0.763. The molecule has 11 heteroatoms. The minimum absolute atomic E-state index is 0.0417. The van der Waals surface area contributed by atoms with Crippen LogP contribution in [0.25, 0.3) is 22.3 Å². The highest BCUT2D eigenvalue weighted by molar-refractivity contribution is 7.62. The quantitative estimate of drug-likeness (QED) is 0.249. The van der Waals surface area contributed by atoms with Gasteiger partial charge in [-0.2, -0.15) is 0 Å². The van der Waals surface area contributed by atoms with Gasteiger partial charge in [0.25, 0.3) is 0 Å². The molecule has 7 nitrogen and oxygen atoms in total. The number of fused-ring (bicyclic) bond motifs is 1. The van der Waals surface area contributed by atoms with Crippen molar-refractivity contribution in [3.63, 3.8) is 0 Å². The van der Waals surface area contributed by atoms with Crippen LogP contribution in [0.2, 0.25) is 5.02 Å². The molecule has 1 atom stereocenters. The summed E-state index contributed by atoms with van der Waals surface area (Å²) in [5.41, 5.74) is 2.20. The number of halogens is 3. The summed E-state index contributed by atoms with van der Waals surface area (Å²) >= 11 is 6.61. The molecule has 0 amide bonds. The molecule has 0 aromatic carbocycles. The Morgan fingerprint density at radius 3 is 2.56 bits per heavy atom. The van der Waals surface area contributed by atoms with E-state index >= 15 is 4.39 Å². The van der Waals surface area contributed by atoms with Crippen LogP contribution in [0.5, 0.6) is 5.88 Å². The van der Waals surface area contributed by atoms with Gasteiger partial charge in [0.2, 0.25) is 5.88 Å². The van der Waals surface area contributed by atoms with Crippen molar-refractivity contribution in [3.05, 3.63) is 70.8 Å². The Morgan fingerprint density at radius 1 is 1.14 bits per heavy atom. The van der Waals surface area contributed by atoms with E-state index in [4.69, 9.17) is 16.3 Å². The average molecular weight is 532 g/mol. The third-order valence-corrected chi connectivity index (χ3v) is 6.61. The fraction of sp³-hybridized carbons (Fsp3) is 0.280.